The Hall–Kier alpha value is -2.27. The van der Waals surface area contributed by atoms with E-state index in [1.54, 1.807) is 18.6 Å². The van der Waals surface area contributed by atoms with Crippen molar-refractivity contribution < 1.29 is 4.79 Å². The van der Waals surface area contributed by atoms with E-state index in [0.717, 1.165) is 21.3 Å². The van der Waals surface area contributed by atoms with Crippen LogP contribution < -0.4 is 5.32 Å². The molecule has 0 saturated carbocycles. The molecule has 0 aliphatic rings. The second kappa shape index (κ2) is 4.78. The fourth-order valence-electron chi connectivity index (χ4n) is 1.83. The number of carbonyl (C=O) groups excluding carboxylic acids is 1. The van der Waals surface area contributed by atoms with Gasteiger partial charge in [-0.25, -0.2) is 0 Å². The molecular formula is C14H11N3OS. The second-order valence-corrected chi connectivity index (χ2v) is 5.12. The van der Waals surface area contributed by atoms with Crippen LogP contribution in [-0.2, 0) is 0 Å². The molecule has 94 valence electrons. The van der Waals surface area contributed by atoms with Gasteiger partial charge in [-0.2, -0.15) is 4.37 Å². The van der Waals surface area contributed by atoms with Crippen molar-refractivity contribution in [1.29, 1.82) is 0 Å². The minimum atomic E-state index is -0.154. The van der Waals surface area contributed by atoms with Crippen LogP contribution in [-0.4, -0.2) is 15.3 Å². The molecule has 5 heteroatoms. The van der Waals surface area contributed by atoms with Crippen LogP contribution in [0.3, 0.4) is 0 Å². The first-order chi connectivity index (χ1) is 9.22. The van der Waals surface area contributed by atoms with Crippen molar-refractivity contribution in [3.63, 3.8) is 0 Å². The Morgan fingerprint density at radius 2 is 2.11 bits per heavy atom. The molecule has 0 fully saturated rings. The molecule has 1 aromatic carbocycles. The molecule has 0 unspecified atom stereocenters. The van der Waals surface area contributed by atoms with Gasteiger partial charge in [0, 0.05) is 29.7 Å². The SMILES string of the molecule is Cc1cncc(C(=O)Nc2ccc3sncc3c2)c1. The number of amides is 1. The van der Waals surface area contributed by atoms with E-state index in [0.29, 0.717) is 5.56 Å². The molecule has 0 radical (unpaired) electrons. The van der Waals surface area contributed by atoms with Crippen molar-refractivity contribution in [3.8, 4) is 0 Å². The van der Waals surface area contributed by atoms with E-state index < -0.39 is 0 Å². The molecule has 0 bridgehead atoms. The maximum atomic E-state index is 12.1. The van der Waals surface area contributed by atoms with E-state index in [4.69, 9.17) is 0 Å². The Kier molecular flexibility index (Phi) is 2.97. The number of nitrogens with one attached hydrogen (secondary N) is 1. The number of hydrogen-bond acceptors (Lipinski definition) is 4. The number of benzene rings is 1. The van der Waals surface area contributed by atoms with Crippen LogP contribution in [0.5, 0.6) is 0 Å². The summed E-state index contributed by atoms with van der Waals surface area (Å²) in [5, 5.41) is 3.90. The molecule has 19 heavy (non-hydrogen) atoms. The van der Waals surface area contributed by atoms with Gasteiger partial charge in [-0.05, 0) is 48.3 Å². The molecule has 3 aromatic rings. The number of rotatable bonds is 2. The summed E-state index contributed by atoms with van der Waals surface area (Å²) in [6, 6.07) is 7.56. The lowest BCUT2D eigenvalue weighted by Gasteiger charge is -2.05. The van der Waals surface area contributed by atoms with Crippen LogP contribution in [0.15, 0.2) is 42.9 Å². The predicted molar refractivity (Wildman–Crippen MR) is 76.5 cm³/mol. The van der Waals surface area contributed by atoms with Crippen molar-refractivity contribution >= 4 is 33.2 Å². The first-order valence-corrected chi connectivity index (χ1v) is 6.57. The number of carbonyl (C=O) groups is 1. The van der Waals surface area contributed by atoms with E-state index >= 15 is 0 Å². The van der Waals surface area contributed by atoms with Crippen LogP contribution in [0.4, 0.5) is 5.69 Å². The number of aromatic nitrogens is 2. The Morgan fingerprint density at radius 3 is 2.95 bits per heavy atom. The van der Waals surface area contributed by atoms with Gasteiger partial charge < -0.3 is 5.32 Å². The molecule has 1 N–H and O–H groups in total. The minimum absolute atomic E-state index is 0.154. The lowest BCUT2D eigenvalue weighted by Crippen LogP contribution is -2.12. The highest BCUT2D eigenvalue weighted by Crippen LogP contribution is 2.22. The first-order valence-electron chi connectivity index (χ1n) is 5.80. The largest absolute Gasteiger partial charge is 0.322 e. The summed E-state index contributed by atoms with van der Waals surface area (Å²) in [5.41, 5.74) is 2.29. The Bertz CT molecular complexity index is 751. The predicted octanol–water partition coefficient (Wildman–Crippen LogP) is 3.25. The van der Waals surface area contributed by atoms with Crippen LogP contribution in [0.2, 0.25) is 0 Å². The molecule has 4 nitrogen and oxygen atoms in total. The van der Waals surface area contributed by atoms with Crippen LogP contribution in [0.25, 0.3) is 10.1 Å². The average molecular weight is 269 g/mol. The van der Waals surface area contributed by atoms with Gasteiger partial charge in [0.1, 0.15) is 0 Å². The highest BCUT2D eigenvalue weighted by Gasteiger charge is 2.07. The smallest absolute Gasteiger partial charge is 0.257 e. The normalized spacial score (nSPS) is 10.6. The van der Waals surface area contributed by atoms with Crippen LogP contribution in [0, 0.1) is 6.92 Å². The standard InChI is InChI=1S/C14H11N3OS/c1-9-4-11(7-15-6-9)14(18)17-12-2-3-13-10(5-12)8-16-19-13/h2-8H,1H3,(H,17,18). The maximum absolute atomic E-state index is 12.1. The fourth-order valence-corrected chi connectivity index (χ4v) is 2.46. The Morgan fingerprint density at radius 1 is 1.21 bits per heavy atom. The zero-order chi connectivity index (χ0) is 13.2. The summed E-state index contributed by atoms with van der Waals surface area (Å²) in [6.45, 7) is 1.91. The third-order valence-corrected chi connectivity index (χ3v) is 3.53. The van der Waals surface area contributed by atoms with Crippen molar-refractivity contribution in [2.24, 2.45) is 0 Å². The fraction of sp³-hybridized carbons (Fsp3) is 0.0714. The van der Waals surface area contributed by atoms with Crippen LogP contribution in [0.1, 0.15) is 15.9 Å². The van der Waals surface area contributed by atoms with Gasteiger partial charge in [-0.1, -0.05) is 0 Å². The van der Waals surface area contributed by atoms with E-state index in [-0.39, 0.29) is 5.91 Å². The van der Waals surface area contributed by atoms with Crippen molar-refractivity contribution in [2.45, 2.75) is 6.92 Å². The first kappa shape index (κ1) is 11.8. The lowest BCUT2D eigenvalue weighted by molar-refractivity contribution is 0.102. The van der Waals surface area contributed by atoms with Gasteiger partial charge in [-0.15, -0.1) is 0 Å². The Labute approximate surface area is 114 Å². The summed E-state index contributed by atoms with van der Waals surface area (Å²) < 4.78 is 5.22. The summed E-state index contributed by atoms with van der Waals surface area (Å²) >= 11 is 1.44. The molecule has 0 aliphatic heterocycles. The Balaban J connectivity index is 1.86. The summed E-state index contributed by atoms with van der Waals surface area (Å²) in [7, 11) is 0. The van der Waals surface area contributed by atoms with Gasteiger partial charge in [0.2, 0.25) is 0 Å². The van der Waals surface area contributed by atoms with Crippen molar-refractivity contribution in [1.82, 2.24) is 9.36 Å². The molecule has 0 spiro atoms. The van der Waals surface area contributed by atoms with Gasteiger partial charge in [0.05, 0.1) is 10.3 Å². The molecule has 2 heterocycles. The highest BCUT2D eigenvalue weighted by molar-refractivity contribution is 7.13. The number of fused-ring (bicyclic) bond motifs is 1. The number of anilines is 1. The average Bonchev–Trinajstić information content (AvgIpc) is 2.86. The molecular weight excluding hydrogens is 258 g/mol. The summed E-state index contributed by atoms with van der Waals surface area (Å²) in [4.78, 5) is 16.1. The van der Waals surface area contributed by atoms with Gasteiger partial charge in [0.25, 0.3) is 5.91 Å². The third-order valence-electron chi connectivity index (χ3n) is 2.75. The van der Waals surface area contributed by atoms with Gasteiger partial charge in [-0.3, -0.25) is 9.78 Å². The number of nitrogens with zero attached hydrogens (tertiary/aromatic N) is 2. The van der Waals surface area contributed by atoms with Crippen LogP contribution >= 0.6 is 11.5 Å². The lowest BCUT2D eigenvalue weighted by atomic mass is 10.2. The third kappa shape index (κ3) is 2.46. The molecule has 0 saturated heterocycles. The summed E-state index contributed by atoms with van der Waals surface area (Å²) in [6.07, 6.45) is 5.08. The molecule has 1 amide bonds. The zero-order valence-corrected chi connectivity index (χ0v) is 11.1. The summed E-state index contributed by atoms with van der Waals surface area (Å²) in [5.74, 6) is -0.154. The van der Waals surface area contributed by atoms with E-state index in [1.807, 2.05) is 31.2 Å². The quantitative estimate of drug-likeness (QED) is 0.777. The molecule has 3 rings (SSSR count). The van der Waals surface area contributed by atoms with Gasteiger partial charge in [0.15, 0.2) is 0 Å². The monoisotopic (exact) mass is 269 g/mol. The zero-order valence-electron chi connectivity index (χ0n) is 10.3. The van der Waals surface area contributed by atoms with E-state index in [1.165, 1.54) is 11.5 Å². The maximum Gasteiger partial charge on any atom is 0.257 e. The number of hydrogen-bond donors (Lipinski definition) is 1. The van der Waals surface area contributed by atoms with Crippen molar-refractivity contribution in [2.75, 3.05) is 5.32 Å². The van der Waals surface area contributed by atoms with Gasteiger partial charge >= 0.3 is 0 Å². The van der Waals surface area contributed by atoms with E-state index in [2.05, 4.69) is 14.7 Å². The highest BCUT2D eigenvalue weighted by atomic mass is 32.1. The molecule has 0 aliphatic carbocycles. The van der Waals surface area contributed by atoms with Crippen molar-refractivity contribution in [3.05, 3.63) is 54.0 Å². The van der Waals surface area contributed by atoms with E-state index in [9.17, 15) is 4.79 Å². The molecule has 0 atom stereocenters. The minimum Gasteiger partial charge on any atom is -0.322 e. The number of aryl methyl sites for hydroxylation is 1. The topological polar surface area (TPSA) is 54.9 Å². The second-order valence-electron chi connectivity index (χ2n) is 4.28. The number of pyridine rings is 1. The molecule has 2 aromatic heterocycles.